The van der Waals surface area contributed by atoms with E-state index in [1.54, 1.807) is 18.2 Å². The molecule has 0 aromatic heterocycles. The molecule has 1 unspecified atom stereocenters. The smallest absolute Gasteiger partial charge is 0.416 e. The van der Waals surface area contributed by atoms with E-state index in [1.807, 2.05) is 6.08 Å². The van der Waals surface area contributed by atoms with E-state index in [0.717, 1.165) is 17.2 Å². The summed E-state index contributed by atoms with van der Waals surface area (Å²) >= 11 is 0. The zero-order valence-corrected chi connectivity index (χ0v) is 18.5. The van der Waals surface area contributed by atoms with Crippen molar-refractivity contribution < 1.29 is 32.2 Å². The van der Waals surface area contributed by atoms with Crippen molar-refractivity contribution in [3.05, 3.63) is 70.3 Å². The maximum Gasteiger partial charge on any atom is 0.416 e. The predicted molar refractivity (Wildman–Crippen MR) is 118 cm³/mol. The van der Waals surface area contributed by atoms with Crippen molar-refractivity contribution in [2.24, 2.45) is 4.99 Å². The first kappa shape index (κ1) is 23.3. The number of hydrogen-bond acceptors (Lipinski definition) is 5. The zero-order valence-electron chi connectivity index (χ0n) is 18.5. The van der Waals surface area contributed by atoms with Gasteiger partial charge in [-0.1, -0.05) is 18.2 Å². The lowest BCUT2D eigenvalue weighted by Crippen LogP contribution is -2.38. The van der Waals surface area contributed by atoms with Gasteiger partial charge >= 0.3 is 6.18 Å². The molecule has 2 aromatic rings. The van der Waals surface area contributed by atoms with Crippen LogP contribution < -0.4 is 20.1 Å². The van der Waals surface area contributed by atoms with Crippen LogP contribution in [-0.2, 0) is 17.6 Å². The summed E-state index contributed by atoms with van der Waals surface area (Å²) < 4.78 is 51.9. The molecule has 2 amide bonds. The minimum atomic E-state index is -4.66. The van der Waals surface area contributed by atoms with Gasteiger partial charge in [0, 0.05) is 36.1 Å². The normalized spacial score (nSPS) is 17.3. The molecule has 1 saturated heterocycles. The highest BCUT2D eigenvalue weighted by molar-refractivity contribution is 6.12. The number of ether oxygens (including phenoxy) is 2. The third-order valence-electron chi connectivity index (χ3n) is 5.73. The van der Waals surface area contributed by atoms with Crippen molar-refractivity contribution >= 4 is 17.6 Å². The fourth-order valence-corrected chi connectivity index (χ4v) is 4.05. The van der Waals surface area contributed by atoms with Crippen LogP contribution in [0.1, 0.15) is 39.4 Å². The number of amides is 2. The molecule has 0 saturated carbocycles. The Kier molecular flexibility index (Phi) is 6.32. The molecule has 7 nitrogen and oxygen atoms in total. The third kappa shape index (κ3) is 4.61. The molecule has 2 aliphatic rings. The summed E-state index contributed by atoms with van der Waals surface area (Å²) in [5, 5.41) is 5.07. The van der Waals surface area contributed by atoms with Crippen molar-refractivity contribution in [1.82, 2.24) is 10.6 Å². The SMILES string of the molecule is CNC(=O)c1ccc(COc2ccc(C3CC(=O)NC4=NCC=C43)cc2OC)c(C(F)(F)F)c1. The molecular weight excluding hydrogens is 451 g/mol. The van der Waals surface area contributed by atoms with Crippen molar-refractivity contribution in [2.45, 2.75) is 25.1 Å². The molecule has 10 heteroatoms. The summed E-state index contributed by atoms with van der Waals surface area (Å²) in [6.45, 7) is 0.117. The average Bonchev–Trinajstić information content (AvgIpc) is 3.29. The van der Waals surface area contributed by atoms with Gasteiger partial charge in [-0.2, -0.15) is 13.2 Å². The summed E-state index contributed by atoms with van der Waals surface area (Å²) in [5.74, 6) is 0.201. The number of carbonyl (C=O) groups excluding carboxylic acids is 2. The number of alkyl halides is 3. The number of amidine groups is 1. The highest BCUT2D eigenvalue weighted by Gasteiger charge is 2.35. The van der Waals surface area contributed by atoms with Gasteiger partial charge in [0.25, 0.3) is 5.91 Å². The Hall–Kier alpha value is -3.82. The molecule has 2 aliphatic heterocycles. The summed E-state index contributed by atoms with van der Waals surface area (Å²) in [6, 6.07) is 8.43. The number of rotatable bonds is 6. The first-order valence-electron chi connectivity index (χ1n) is 10.5. The number of nitrogens with one attached hydrogen (secondary N) is 2. The topological polar surface area (TPSA) is 89.0 Å². The van der Waals surface area contributed by atoms with Gasteiger partial charge in [-0.25, -0.2) is 0 Å². The van der Waals surface area contributed by atoms with Crippen LogP contribution in [0.4, 0.5) is 13.2 Å². The minimum absolute atomic E-state index is 0.0962. The predicted octanol–water partition coefficient (Wildman–Crippen LogP) is 3.59. The van der Waals surface area contributed by atoms with Crippen LogP contribution in [0.25, 0.3) is 0 Å². The Morgan fingerprint density at radius 2 is 2.00 bits per heavy atom. The summed E-state index contributed by atoms with van der Waals surface area (Å²) in [7, 11) is 2.78. The fraction of sp³-hybridized carbons (Fsp3) is 0.292. The molecule has 178 valence electrons. The van der Waals surface area contributed by atoms with E-state index in [4.69, 9.17) is 9.47 Å². The van der Waals surface area contributed by atoms with E-state index in [9.17, 15) is 22.8 Å². The van der Waals surface area contributed by atoms with E-state index in [0.29, 0.717) is 18.1 Å². The minimum Gasteiger partial charge on any atom is -0.493 e. The summed E-state index contributed by atoms with van der Waals surface area (Å²) in [5.41, 5.74) is 0.581. The molecule has 1 fully saturated rings. The zero-order chi connectivity index (χ0) is 24.5. The summed E-state index contributed by atoms with van der Waals surface area (Å²) in [4.78, 5) is 28.1. The lowest BCUT2D eigenvalue weighted by atomic mass is 9.85. The van der Waals surface area contributed by atoms with Crippen LogP contribution in [0.15, 0.2) is 53.0 Å². The van der Waals surface area contributed by atoms with Crippen LogP contribution in [0.2, 0.25) is 0 Å². The maximum absolute atomic E-state index is 13.6. The van der Waals surface area contributed by atoms with E-state index < -0.39 is 17.6 Å². The molecule has 0 radical (unpaired) electrons. The van der Waals surface area contributed by atoms with Crippen LogP contribution in [-0.4, -0.2) is 38.4 Å². The molecule has 34 heavy (non-hydrogen) atoms. The number of carbonyl (C=O) groups is 2. The van der Waals surface area contributed by atoms with Crippen LogP contribution in [0.3, 0.4) is 0 Å². The molecule has 0 spiro atoms. The van der Waals surface area contributed by atoms with E-state index in [2.05, 4.69) is 15.6 Å². The van der Waals surface area contributed by atoms with Crippen molar-refractivity contribution in [2.75, 3.05) is 20.7 Å². The van der Waals surface area contributed by atoms with Crippen molar-refractivity contribution in [1.29, 1.82) is 0 Å². The summed E-state index contributed by atoms with van der Waals surface area (Å²) in [6.07, 6.45) is -2.45. The van der Waals surface area contributed by atoms with Crippen LogP contribution in [0.5, 0.6) is 11.5 Å². The number of hydrogen-bond donors (Lipinski definition) is 2. The molecule has 2 N–H and O–H groups in total. The van der Waals surface area contributed by atoms with Crippen LogP contribution in [0, 0.1) is 0 Å². The standard InChI is InChI=1S/C24H22F3N3O4/c1-28-23(32)14-3-4-15(18(9-14)24(25,26)27)12-34-19-6-5-13(10-20(19)33-2)17-11-21(31)30-22-16(17)7-8-29-22/h3-7,9-10,17H,8,11-12H2,1-2H3,(H,28,32)(H,29,30,31). The molecule has 2 heterocycles. The van der Waals surface area contributed by atoms with E-state index >= 15 is 0 Å². The molecule has 1 atom stereocenters. The van der Waals surface area contributed by atoms with Gasteiger partial charge in [-0.05, 0) is 29.8 Å². The Bertz CT molecular complexity index is 1200. The van der Waals surface area contributed by atoms with Crippen LogP contribution >= 0.6 is 0 Å². The second-order valence-corrected chi connectivity index (χ2v) is 7.80. The van der Waals surface area contributed by atoms with Gasteiger partial charge in [-0.3, -0.25) is 14.6 Å². The second kappa shape index (κ2) is 9.20. The highest BCUT2D eigenvalue weighted by atomic mass is 19.4. The Balaban J connectivity index is 1.58. The quantitative estimate of drug-likeness (QED) is 0.671. The molecule has 4 rings (SSSR count). The number of halogens is 3. The van der Waals surface area contributed by atoms with Gasteiger partial charge in [0.1, 0.15) is 12.4 Å². The maximum atomic E-state index is 13.6. The van der Waals surface area contributed by atoms with Gasteiger partial charge in [-0.15, -0.1) is 0 Å². The first-order chi connectivity index (χ1) is 16.2. The van der Waals surface area contributed by atoms with E-state index in [1.165, 1.54) is 26.3 Å². The van der Waals surface area contributed by atoms with Gasteiger partial charge in [0.05, 0.1) is 19.2 Å². The average molecular weight is 473 g/mol. The first-order valence-corrected chi connectivity index (χ1v) is 10.5. The Morgan fingerprint density at radius 3 is 2.71 bits per heavy atom. The molecule has 0 aliphatic carbocycles. The van der Waals surface area contributed by atoms with Gasteiger partial charge in [0.15, 0.2) is 11.5 Å². The number of aliphatic imine (C=N–C) groups is 1. The van der Waals surface area contributed by atoms with Crippen molar-refractivity contribution in [3.63, 3.8) is 0 Å². The second-order valence-electron chi connectivity index (χ2n) is 7.80. The molecule has 0 bridgehead atoms. The molecular formula is C24H22F3N3O4. The largest absolute Gasteiger partial charge is 0.493 e. The lowest BCUT2D eigenvalue weighted by molar-refractivity contribution is -0.138. The highest BCUT2D eigenvalue weighted by Crippen LogP contribution is 2.39. The number of piperidine rings is 1. The number of nitrogens with zero attached hydrogens (tertiary/aromatic N) is 1. The number of fused-ring (bicyclic) bond motifs is 1. The number of methoxy groups -OCH3 is 1. The fourth-order valence-electron chi connectivity index (χ4n) is 4.05. The van der Waals surface area contributed by atoms with Gasteiger partial charge in [0.2, 0.25) is 5.91 Å². The Morgan fingerprint density at radius 1 is 1.21 bits per heavy atom. The third-order valence-corrected chi connectivity index (χ3v) is 5.73. The lowest BCUT2D eigenvalue weighted by Gasteiger charge is -2.26. The van der Waals surface area contributed by atoms with Gasteiger partial charge < -0.3 is 20.1 Å². The Labute approximate surface area is 193 Å². The monoisotopic (exact) mass is 473 g/mol. The van der Waals surface area contributed by atoms with Crippen molar-refractivity contribution in [3.8, 4) is 11.5 Å². The van der Waals surface area contributed by atoms with E-state index in [-0.39, 0.29) is 41.7 Å². The number of benzene rings is 2. The molecule has 2 aromatic carbocycles.